The zero-order chi connectivity index (χ0) is 31.5. The molecule has 0 aromatic carbocycles. The fraction of sp³-hybridized carbons (Fsp3) is 0.640. The highest BCUT2D eigenvalue weighted by molar-refractivity contribution is 7.15. The van der Waals surface area contributed by atoms with E-state index in [1.165, 1.54) is 20.8 Å². The molecule has 1 saturated heterocycles. The normalized spacial score (nSPS) is 23.7. The molecule has 0 bridgehead atoms. The lowest BCUT2D eigenvalue weighted by Gasteiger charge is -2.28. The molecule has 1 aromatic heterocycles. The van der Waals surface area contributed by atoms with E-state index >= 15 is 0 Å². The number of alkyl halides is 8. The van der Waals surface area contributed by atoms with E-state index in [9.17, 15) is 49.8 Å². The number of hydrogen-bond acceptors (Lipinski definition) is 7. The van der Waals surface area contributed by atoms with Gasteiger partial charge in [0.05, 0.1) is 34.2 Å². The molecule has 1 saturated carbocycles. The smallest absolute Gasteiger partial charge is 0.389 e. The van der Waals surface area contributed by atoms with Gasteiger partial charge in [0.15, 0.2) is 5.01 Å². The number of amides is 2. The molecular weight excluding hydrogens is 602 g/mol. The number of likely N-dealkylation sites (tertiary alicyclic amines) is 1. The van der Waals surface area contributed by atoms with Gasteiger partial charge in [0.2, 0.25) is 0 Å². The summed E-state index contributed by atoms with van der Waals surface area (Å²) in [6.45, 7) is 2.20. The van der Waals surface area contributed by atoms with E-state index in [0.29, 0.717) is 17.4 Å². The molecule has 0 spiro atoms. The first kappa shape index (κ1) is 32.1. The zero-order valence-corrected chi connectivity index (χ0v) is 23.5. The molecule has 2 unspecified atom stereocenters. The summed E-state index contributed by atoms with van der Waals surface area (Å²) in [5.41, 5.74) is -6.01. The van der Waals surface area contributed by atoms with Gasteiger partial charge < -0.3 is 20.6 Å². The Labute approximate surface area is 239 Å². The Balaban J connectivity index is 1.69. The van der Waals surface area contributed by atoms with Crippen molar-refractivity contribution < 1.29 is 49.8 Å². The van der Waals surface area contributed by atoms with Crippen LogP contribution in [0.1, 0.15) is 65.2 Å². The first-order valence-corrected chi connectivity index (χ1v) is 13.7. The minimum atomic E-state index is -5.06. The summed E-state index contributed by atoms with van der Waals surface area (Å²) in [6.07, 6.45) is -10.5. The van der Waals surface area contributed by atoms with Gasteiger partial charge in [-0.2, -0.15) is 26.3 Å². The standard InChI is InChI=1S/C25H29F8N5O3S/c1-12-7-23(26,27)11-38(12)20(40)16-17(42-19(37-16)18(39)36-9-21(2,3)41)13-8-34-15(6-14(13)24(28,29)30)35-10-22(4-5-22)25(31,32)33/h6,8,12,15,34-35,41H,4-5,7,9-11H2,1-3H3,(H,36,39). The van der Waals surface area contributed by atoms with Crippen molar-refractivity contribution in [3.05, 3.63) is 33.4 Å². The molecule has 3 aliphatic rings. The van der Waals surface area contributed by atoms with Gasteiger partial charge >= 0.3 is 12.4 Å². The van der Waals surface area contributed by atoms with Crippen molar-refractivity contribution in [3.8, 4) is 0 Å². The van der Waals surface area contributed by atoms with Gasteiger partial charge in [0.25, 0.3) is 17.7 Å². The SMILES string of the molecule is CC1CC(F)(F)CN1C(=O)c1nc(C(=O)NCC(C)(C)O)sc1C1=CNC(NCC2(C(F)(F)F)CC2)C=C1C(F)(F)F. The van der Waals surface area contributed by atoms with Crippen molar-refractivity contribution in [2.24, 2.45) is 5.41 Å². The van der Waals surface area contributed by atoms with Crippen molar-refractivity contribution in [1.29, 1.82) is 0 Å². The van der Waals surface area contributed by atoms with Crippen molar-refractivity contribution in [1.82, 2.24) is 25.8 Å². The molecule has 0 radical (unpaired) electrons. The van der Waals surface area contributed by atoms with Gasteiger partial charge in [0.1, 0.15) is 5.69 Å². The number of carbonyl (C=O) groups excluding carboxylic acids is 2. The van der Waals surface area contributed by atoms with E-state index in [-0.39, 0.29) is 19.4 Å². The number of nitrogens with zero attached hydrogens (tertiary/aromatic N) is 2. The number of rotatable bonds is 8. The summed E-state index contributed by atoms with van der Waals surface area (Å²) in [7, 11) is 0. The molecule has 2 atom stereocenters. The number of aliphatic hydroxyl groups is 1. The van der Waals surface area contributed by atoms with E-state index in [0.717, 1.165) is 11.1 Å². The Kier molecular flexibility index (Phi) is 8.21. The predicted octanol–water partition coefficient (Wildman–Crippen LogP) is 4.20. The zero-order valence-electron chi connectivity index (χ0n) is 22.6. The van der Waals surface area contributed by atoms with Crippen molar-refractivity contribution in [3.63, 3.8) is 0 Å². The number of halogens is 8. The van der Waals surface area contributed by atoms with Gasteiger partial charge in [-0.1, -0.05) is 0 Å². The molecular formula is C25H29F8N5O3S. The Morgan fingerprint density at radius 2 is 1.83 bits per heavy atom. The minimum absolute atomic E-state index is 0.161. The predicted molar refractivity (Wildman–Crippen MR) is 136 cm³/mol. The van der Waals surface area contributed by atoms with Crippen LogP contribution >= 0.6 is 11.3 Å². The molecule has 4 rings (SSSR count). The molecule has 42 heavy (non-hydrogen) atoms. The third kappa shape index (κ3) is 6.88. The van der Waals surface area contributed by atoms with Gasteiger partial charge in [-0.05, 0) is 39.7 Å². The Bertz CT molecular complexity index is 1290. The number of carbonyl (C=O) groups is 2. The second-order valence-electron chi connectivity index (χ2n) is 11.5. The van der Waals surface area contributed by atoms with Crippen LogP contribution < -0.4 is 16.0 Å². The lowest BCUT2D eigenvalue weighted by Crippen LogP contribution is -2.46. The fourth-order valence-corrected chi connectivity index (χ4v) is 5.67. The third-order valence-corrected chi connectivity index (χ3v) is 8.28. The summed E-state index contributed by atoms with van der Waals surface area (Å²) in [5.74, 6) is -5.28. The van der Waals surface area contributed by atoms with E-state index in [1.54, 1.807) is 0 Å². The summed E-state index contributed by atoms with van der Waals surface area (Å²) < 4.78 is 111. The third-order valence-electron chi connectivity index (χ3n) is 7.19. The van der Waals surface area contributed by atoms with Crippen molar-refractivity contribution in [2.45, 2.75) is 76.1 Å². The second-order valence-corrected chi connectivity index (χ2v) is 12.5. The highest BCUT2D eigenvalue weighted by Crippen LogP contribution is 2.57. The molecule has 234 valence electrons. The van der Waals surface area contributed by atoms with Gasteiger partial charge in [-0.3, -0.25) is 14.9 Å². The molecule has 2 amide bonds. The Morgan fingerprint density at radius 3 is 2.33 bits per heavy atom. The van der Waals surface area contributed by atoms with Crippen LogP contribution in [0.3, 0.4) is 0 Å². The van der Waals surface area contributed by atoms with E-state index in [1.807, 2.05) is 0 Å². The highest BCUT2D eigenvalue weighted by Gasteiger charge is 2.62. The van der Waals surface area contributed by atoms with Gasteiger partial charge in [-0.15, -0.1) is 11.3 Å². The van der Waals surface area contributed by atoms with Crippen LogP contribution in [0.5, 0.6) is 0 Å². The quantitative estimate of drug-likeness (QED) is 0.321. The number of hydrogen-bond donors (Lipinski definition) is 4. The largest absolute Gasteiger partial charge is 0.416 e. The average molecular weight is 632 g/mol. The maximum atomic E-state index is 14.3. The van der Waals surface area contributed by atoms with Crippen LogP contribution in [-0.2, 0) is 0 Å². The van der Waals surface area contributed by atoms with Crippen molar-refractivity contribution in [2.75, 3.05) is 19.6 Å². The highest BCUT2D eigenvalue weighted by atomic mass is 32.1. The first-order chi connectivity index (χ1) is 19.1. The number of thiazole rings is 1. The number of dihydropyridines is 1. The van der Waals surface area contributed by atoms with Gasteiger partial charge in [0, 0.05) is 37.3 Å². The van der Waals surface area contributed by atoms with Crippen LogP contribution in [0, 0.1) is 5.41 Å². The van der Waals surface area contributed by atoms with Crippen LogP contribution in [0.15, 0.2) is 17.8 Å². The average Bonchev–Trinajstić information content (AvgIpc) is 3.45. The van der Waals surface area contributed by atoms with Crippen molar-refractivity contribution >= 4 is 28.7 Å². The van der Waals surface area contributed by atoms with Crippen LogP contribution in [0.2, 0.25) is 0 Å². The molecule has 1 aliphatic carbocycles. The van der Waals surface area contributed by atoms with Crippen LogP contribution in [-0.4, -0.2) is 82.5 Å². The van der Waals surface area contributed by atoms with Crippen LogP contribution in [0.25, 0.3) is 5.57 Å². The second kappa shape index (κ2) is 10.7. The van der Waals surface area contributed by atoms with Gasteiger partial charge in [-0.25, -0.2) is 13.8 Å². The summed E-state index contributed by atoms with van der Waals surface area (Å²) in [4.78, 5) is 30.4. The van der Waals surface area contributed by atoms with E-state index in [2.05, 4.69) is 20.9 Å². The fourth-order valence-electron chi connectivity index (χ4n) is 4.66. The Morgan fingerprint density at radius 1 is 1.19 bits per heavy atom. The first-order valence-electron chi connectivity index (χ1n) is 12.9. The summed E-state index contributed by atoms with van der Waals surface area (Å²) in [5, 5.41) is 16.8. The number of nitrogens with one attached hydrogen (secondary N) is 3. The monoisotopic (exact) mass is 631 g/mol. The van der Waals surface area contributed by atoms with E-state index < -0.39 is 99.5 Å². The number of aromatic nitrogens is 1. The Hall–Kier alpha value is -2.79. The molecule has 17 heteroatoms. The topological polar surface area (TPSA) is 107 Å². The summed E-state index contributed by atoms with van der Waals surface area (Å²) in [6, 6.07) is -0.984. The van der Waals surface area contributed by atoms with Crippen LogP contribution in [0.4, 0.5) is 35.1 Å². The molecule has 4 N–H and O–H groups in total. The molecule has 3 heterocycles. The molecule has 1 aromatic rings. The molecule has 2 aliphatic heterocycles. The lowest BCUT2D eigenvalue weighted by molar-refractivity contribution is -0.185. The lowest BCUT2D eigenvalue weighted by atomic mass is 9.99. The minimum Gasteiger partial charge on any atom is -0.389 e. The van der Waals surface area contributed by atoms with E-state index in [4.69, 9.17) is 0 Å². The maximum absolute atomic E-state index is 14.3. The summed E-state index contributed by atoms with van der Waals surface area (Å²) >= 11 is 0.407. The maximum Gasteiger partial charge on any atom is 0.416 e. The molecule has 8 nitrogen and oxygen atoms in total. The number of allylic oxidation sites excluding steroid dienone is 2. The molecule has 2 fully saturated rings.